The van der Waals surface area contributed by atoms with Gasteiger partial charge in [-0.25, -0.2) is 0 Å². The fraction of sp³-hybridized carbons (Fsp3) is 0.333. The molecule has 164 valence electrons. The SMILES string of the molecule is CC(=O)c1ccc(NC(=O)[C@H](C)OC(=O)CNC(=O)c2ccc(C(C)(C)C)cc2)cc1. The molecule has 0 saturated heterocycles. The van der Waals surface area contributed by atoms with E-state index in [4.69, 9.17) is 4.74 Å². The smallest absolute Gasteiger partial charge is 0.326 e. The maximum Gasteiger partial charge on any atom is 0.326 e. The van der Waals surface area contributed by atoms with Gasteiger partial charge < -0.3 is 15.4 Å². The highest BCUT2D eigenvalue weighted by molar-refractivity contribution is 5.98. The van der Waals surface area contributed by atoms with Crippen LogP contribution < -0.4 is 10.6 Å². The van der Waals surface area contributed by atoms with E-state index in [9.17, 15) is 19.2 Å². The van der Waals surface area contributed by atoms with Crippen LogP contribution in [-0.4, -0.2) is 36.2 Å². The van der Waals surface area contributed by atoms with Crippen LogP contribution in [0.4, 0.5) is 5.69 Å². The lowest BCUT2D eigenvalue weighted by atomic mass is 9.87. The number of hydrogen-bond acceptors (Lipinski definition) is 5. The molecule has 2 N–H and O–H groups in total. The lowest BCUT2D eigenvalue weighted by molar-refractivity contribution is -0.152. The second-order valence-electron chi connectivity index (χ2n) is 8.26. The fourth-order valence-corrected chi connectivity index (χ4v) is 2.70. The molecule has 2 amide bonds. The van der Waals surface area contributed by atoms with E-state index in [1.54, 1.807) is 36.4 Å². The van der Waals surface area contributed by atoms with Gasteiger partial charge in [-0.05, 0) is 61.2 Å². The normalized spacial score (nSPS) is 11.9. The molecule has 0 aliphatic carbocycles. The Morgan fingerprint density at radius 3 is 1.97 bits per heavy atom. The molecule has 0 radical (unpaired) electrons. The maximum atomic E-state index is 12.2. The van der Waals surface area contributed by atoms with Crippen LogP contribution in [0.3, 0.4) is 0 Å². The molecule has 7 heteroatoms. The Balaban J connectivity index is 1.82. The minimum Gasteiger partial charge on any atom is -0.451 e. The molecule has 0 unspecified atom stereocenters. The van der Waals surface area contributed by atoms with Crippen LogP contribution in [0.2, 0.25) is 0 Å². The topological polar surface area (TPSA) is 102 Å². The summed E-state index contributed by atoms with van der Waals surface area (Å²) in [5, 5.41) is 5.10. The van der Waals surface area contributed by atoms with Gasteiger partial charge in [0, 0.05) is 16.8 Å². The van der Waals surface area contributed by atoms with Crippen molar-refractivity contribution in [1.29, 1.82) is 0 Å². The highest BCUT2D eigenvalue weighted by Gasteiger charge is 2.19. The van der Waals surface area contributed by atoms with Crippen LogP contribution in [0, 0.1) is 0 Å². The molecule has 0 fully saturated rings. The predicted molar refractivity (Wildman–Crippen MR) is 118 cm³/mol. The summed E-state index contributed by atoms with van der Waals surface area (Å²) in [6.45, 7) is 8.77. The first-order valence-corrected chi connectivity index (χ1v) is 9.97. The number of Topliss-reactive ketones (excluding diaryl/α,β-unsaturated/α-hetero) is 1. The van der Waals surface area contributed by atoms with E-state index in [0.717, 1.165) is 5.56 Å². The molecule has 2 aromatic rings. The van der Waals surface area contributed by atoms with Gasteiger partial charge in [-0.15, -0.1) is 0 Å². The van der Waals surface area contributed by atoms with Gasteiger partial charge in [0.05, 0.1) is 0 Å². The molecule has 0 aliphatic heterocycles. The molecule has 0 heterocycles. The maximum absolute atomic E-state index is 12.2. The number of benzene rings is 2. The molecule has 0 aromatic heterocycles. The van der Waals surface area contributed by atoms with E-state index >= 15 is 0 Å². The van der Waals surface area contributed by atoms with Gasteiger partial charge in [-0.3, -0.25) is 19.2 Å². The van der Waals surface area contributed by atoms with Crippen molar-refractivity contribution in [2.45, 2.75) is 46.1 Å². The summed E-state index contributed by atoms with van der Waals surface area (Å²) >= 11 is 0. The third-order valence-corrected chi connectivity index (χ3v) is 4.64. The van der Waals surface area contributed by atoms with Crippen molar-refractivity contribution in [2.75, 3.05) is 11.9 Å². The lowest BCUT2D eigenvalue weighted by Crippen LogP contribution is -2.35. The fourth-order valence-electron chi connectivity index (χ4n) is 2.70. The number of hydrogen-bond donors (Lipinski definition) is 2. The molecule has 0 saturated carbocycles. The number of ketones is 1. The predicted octanol–water partition coefficient (Wildman–Crippen LogP) is 3.49. The number of carbonyl (C=O) groups is 4. The molecule has 0 aliphatic rings. The summed E-state index contributed by atoms with van der Waals surface area (Å²) in [5.41, 5.74) is 2.51. The van der Waals surface area contributed by atoms with Gasteiger partial charge in [0.15, 0.2) is 11.9 Å². The van der Waals surface area contributed by atoms with Crippen molar-refractivity contribution in [1.82, 2.24) is 5.32 Å². The molecule has 1 atom stereocenters. The van der Waals surface area contributed by atoms with Gasteiger partial charge in [-0.2, -0.15) is 0 Å². The van der Waals surface area contributed by atoms with Crippen molar-refractivity contribution in [3.05, 3.63) is 65.2 Å². The Morgan fingerprint density at radius 1 is 0.903 bits per heavy atom. The molecular weight excluding hydrogens is 396 g/mol. The second-order valence-corrected chi connectivity index (χ2v) is 8.26. The quantitative estimate of drug-likeness (QED) is 0.523. The van der Waals surface area contributed by atoms with Crippen LogP contribution in [-0.2, 0) is 19.7 Å². The van der Waals surface area contributed by atoms with Gasteiger partial charge in [-0.1, -0.05) is 32.9 Å². The number of ether oxygens (including phenoxy) is 1. The lowest BCUT2D eigenvalue weighted by Gasteiger charge is -2.19. The number of rotatable bonds is 7. The van der Waals surface area contributed by atoms with E-state index in [1.165, 1.54) is 13.8 Å². The largest absolute Gasteiger partial charge is 0.451 e. The van der Waals surface area contributed by atoms with Crippen LogP contribution >= 0.6 is 0 Å². The third kappa shape index (κ3) is 7.06. The summed E-state index contributed by atoms with van der Waals surface area (Å²) in [6, 6.07) is 13.5. The number of carbonyl (C=O) groups excluding carboxylic acids is 4. The van der Waals surface area contributed by atoms with E-state index in [2.05, 4.69) is 31.4 Å². The summed E-state index contributed by atoms with van der Waals surface area (Å²) < 4.78 is 5.08. The molecule has 2 aromatic carbocycles. The molecule has 2 rings (SSSR count). The molecule has 0 bridgehead atoms. The molecule has 31 heavy (non-hydrogen) atoms. The number of amides is 2. The zero-order valence-corrected chi connectivity index (χ0v) is 18.4. The Kier molecular flexibility index (Phi) is 7.69. The summed E-state index contributed by atoms with van der Waals surface area (Å²) in [6.07, 6.45) is -1.05. The molecular formula is C24H28N2O5. The minimum absolute atomic E-state index is 0.0228. The van der Waals surface area contributed by atoms with Crippen LogP contribution in [0.15, 0.2) is 48.5 Å². The average molecular weight is 424 g/mol. The average Bonchev–Trinajstić information content (AvgIpc) is 2.71. The van der Waals surface area contributed by atoms with E-state index in [1.807, 2.05) is 12.1 Å². The number of anilines is 1. The Morgan fingerprint density at radius 2 is 1.45 bits per heavy atom. The van der Waals surface area contributed by atoms with Crippen molar-refractivity contribution in [2.24, 2.45) is 0 Å². The van der Waals surface area contributed by atoms with Gasteiger partial charge in [0.1, 0.15) is 6.54 Å². The van der Waals surface area contributed by atoms with Crippen molar-refractivity contribution in [3.8, 4) is 0 Å². The van der Waals surface area contributed by atoms with Crippen LogP contribution in [0.25, 0.3) is 0 Å². The second kappa shape index (κ2) is 10.0. The summed E-state index contributed by atoms with van der Waals surface area (Å²) in [4.78, 5) is 47.7. The first-order valence-electron chi connectivity index (χ1n) is 9.97. The first-order chi connectivity index (χ1) is 14.5. The van der Waals surface area contributed by atoms with Crippen molar-refractivity contribution < 1.29 is 23.9 Å². The zero-order valence-electron chi connectivity index (χ0n) is 18.4. The monoisotopic (exact) mass is 424 g/mol. The Labute approximate surface area is 182 Å². The standard InChI is InChI=1S/C24H28N2O5/c1-15(27)17-8-12-20(13-9-17)26-22(29)16(2)31-21(28)14-25-23(30)18-6-10-19(11-7-18)24(3,4)5/h6-13,16H,14H2,1-5H3,(H,25,30)(H,26,29)/t16-/m0/s1. The number of esters is 1. The summed E-state index contributed by atoms with van der Waals surface area (Å²) in [5.74, 6) is -1.73. The summed E-state index contributed by atoms with van der Waals surface area (Å²) in [7, 11) is 0. The highest BCUT2D eigenvalue weighted by atomic mass is 16.5. The van der Waals surface area contributed by atoms with E-state index in [-0.39, 0.29) is 17.7 Å². The molecule has 7 nitrogen and oxygen atoms in total. The van der Waals surface area contributed by atoms with Gasteiger partial charge in [0.2, 0.25) is 0 Å². The first kappa shape index (κ1) is 23.8. The number of nitrogens with one attached hydrogen (secondary N) is 2. The Hall–Kier alpha value is -3.48. The van der Waals surface area contributed by atoms with Crippen LogP contribution in [0.5, 0.6) is 0 Å². The highest BCUT2D eigenvalue weighted by Crippen LogP contribution is 2.22. The third-order valence-electron chi connectivity index (χ3n) is 4.64. The van der Waals surface area contributed by atoms with Gasteiger partial charge >= 0.3 is 5.97 Å². The zero-order chi connectivity index (χ0) is 23.2. The van der Waals surface area contributed by atoms with Crippen molar-refractivity contribution >= 4 is 29.3 Å². The van der Waals surface area contributed by atoms with Crippen molar-refractivity contribution in [3.63, 3.8) is 0 Å². The minimum atomic E-state index is -1.05. The van der Waals surface area contributed by atoms with Gasteiger partial charge in [0.25, 0.3) is 11.8 Å². The van der Waals surface area contributed by atoms with E-state index in [0.29, 0.717) is 16.8 Å². The Bertz CT molecular complexity index is 957. The van der Waals surface area contributed by atoms with E-state index < -0.39 is 23.9 Å². The molecule has 0 spiro atoms. The van der Waals surface area contributed by atoms with Crippen LogP contribution in [0.1, 0.15) is 60.9 Å².